The molecule has 0 radical (unpaired) electrons. The second-order valence-corrected chi connectivity index (χ2v) is 5.08. The van der Waals surface area contributed by atoms with Gasteiger partial charge in [0.15, 0.2) is 0 Å². The molecule has 2 rings (SSSR count). The highest BCUT2D eigenvalue weighted by atomic mass is 15.1. The summed E-state index contributed by atoms with van der Waals surface area (Å²) in [5.74, 6) is 0. The zero-order chi connectivity index (χ0) is 12.6. The van der Waals surface area contributed by atoms with E-state index in [2.05, 4.69) is 28.2 Å². The number of hydrogen-bond acceptors (Lipinski definition) is 3. The van der Waals surface area contributed by atoms with Crippen LogP contribution >= 0.6 is 0 Å². The molecule has 0 unspecified atom stereocenters. The van der Waals surface area contributed by atoms with Gasteiger partial charge in [-0.1, -0.05) is 19.8 Å². The first-order valence-corrected chi connectivity index (χ1v) is 7.30. The molecule has 1 aliphatic rings. The molecule has 100 valence electrons. The third-order valence-electron chi connectivity index (χ3n) is 3.57. The molecule has 1 fully saturated rings. The molecule has 0 bridgehead atoms. The fourth-order valence-corrected chi connectivity index (χ4v) is 2.58. The van der Waals surface area contributed by atoms with E-state index in [1.54, 1.807) is 0 Å². The highest BCUT2D eigenvalue weighted by Gasteiger charge is 2.13. The van der Waals surface area contributed by atoms with Crippen molar-refractivity contribution in [3.05, 3.63) is 24.0 Å². The molecular formula is C15H25N3. The van der Waals surface area contributed by atoms with Gasteiger partial charge in [-0.25, -0.2) is 0 Å². The first kappa shape index (κ1) is 13.3. The van der Waals surface area contributed by atoms with Crippen LogP contribution < -0.4 is 10.2 Å². The molecule has 0 spiro atoms. The topological polar surface area (TPSA) is 28.2 Å². The lowest BCUT2D eigenvalue weighted by molar-refractivity contribution is 0.669. The van der Waals surface area contributed by atoms with E-state index in [0.717, 1.165) is 13.1 Å². The standard InChI is InChI=1S/C15H25N3/c1-2-8-16-12-14-13-17-9-7-15(14)18-10-5-3-4-6-11-18/h7,9,13,16H,2-6,8,10-12H2,1H3. The third-order valence-corrected chi connectivity index (χ3v) is 3.57. The van der Waals surface area contributed by atoms with Crippen molar-refractivity contribution in [1.29, 1.82) is 0 Å². The second-order valence-electron chi connectivity index (χ2n) is 5.08. The monoisotopic (exact) mass is 247 g/mol. The molecule has 1 saturated heterocycles. The van der Waals surface area contributed by atoms with Crippen molar-refractivity contribution in [1.82, 2.24) is 10.3 Å². The number of aromatic nitrogens is 1. The van der Waals surface area contributed by atoms with Crippen molar-refractivity contribution in [3.8, 4) is 0 Å². The van der Waals surface area contributed by atoms with E-state index < -0.39 is 0 Å². The number of nitrogens with zero attached hydrogens (tertiary/aromatic N) is 2. The van der Waals surface area contributed by atoms with Crippen LogP contribution in [0.4, 0.5) is 5.69 Å². The molecule has 0 saturated carbocycles. The first-order valence-electron chi connectivity index (χ1n) is 7.30. The van der Waals surface area contributed by atoms with E-state index in [1.807, 2.05) is 12.4 Å². The van der Waals surface area contributed by atoms with Crippen LogP contribution in [0.5, 0.6) is 0 Å². The highest BCUT2D eigenvalue weighted by molar-refractivity contribution is 5.52. The fraction of sp³-hybridized carbons (Fsp3) is 0.667. The molecule has 3 nitrogen and oxygen atoms in total. The maximum Gasteiger partial charge on any atom is 0.0442 e. The fourth-order valence-electron chi connectivity index (χ4n) is 2.58. The van der Waals surface area contributed by atoms with Gasteiger partial charge in [-0.05, 0) is 31.9 Å². The number of hydrogen-bond donors (Lipinski definition) is 1. The quantitative estimate of drug-likeness (QED) is 0.811. The van der Waals surface area contributed by atoms with Crippen LogP contribution in [0, 0.1) is 0 Å². The van der Waals surface area contributed by atoms with E-state index in [9.17, 15) is 0 Å². The van der Waals surface area contributed by atoms with Crippen LogP contribution in [0.2, 0.25) is 0 Å². The van der Waals surface area contributed by atoms with E-state index in [-0.39, 0.29) is 0 Å². The Kier molecular flexibility index (Phi) is 5.46. The van der Waals surface area contributed by atoms with Gasteiger partial charge in [-0.15, -0.1) is 0 Å². The lowest BCUT2D eigenvalue weighted by Gasteiger charge is -2.25. The molecule has 1 aromatic heterocycles. The number of anilines is 1. The minimum absolute atomic E-state index is 0.938. The predicted octanol–water partition coefficient (Wildman–Crippen LogP) is 2.96. The highest BCUT2D eigenvalue weighted by Crippen LogP contribution is 2.22. The largest absolute Gasteiger partial charge is 0.371 e. The van der Waals surface area contributed by atoms with Gasteiger partial charge >= 0.3 is 0 Å². The van der Waals surface area contributed by atoms with Gasteiger partial charge in [0, 0.05) is 43.3 Å². The smallest absolute Gasteiger partial charge is 0.0442 e. The lowest BCUT2D eigenvalue weighted by Crippen LogP contribution is -2.26. The molecule has 0 aromatic carbocycles. The van der Waals surface area contributed by atoms with Crippen LogP contribution in [0.3, 0.4) is 0 Å². The predicted molar refractivity (Wildman–Crippen MR) is 76.9 cm³/mol. The summed E-state index contributed by atoms with van der Waals surface area (Å²) in [5.41, 5.74) is 2.73. The molecule has 2 heterocycles. The Labute approximate surface area is 111 Å². The van der Waals surface area contributed by atoms with Crippen LogP contribution in [-0.2, 0) is 6.54 Å². The number of nitrogens with one attached hydrogen (secondary N) is 1. The Bertz CT molecular complexity index is 343. The van der Waals surface area contributed by atoms with Crippen LogP contribution in [0.15, 0.2) is 18.5 Å². The first-order chi connectivity index (χ1) is 8.92. The average molecular weight is 247 g/mol. The Morgan fingerprint density at radius 2 is 2.00 bits per heavy atom. The summed E-state index contributed by atoms with van der Waals surface area (Å²) in [7, 11) is 0. The van der Waals surface area contributed by atoms with E-state index >= 15 is 0 Å². The Morgan fingerprint density at radius 3 is 2.72 bits per heavy atom. The Balaban J connectivity index is 2.05. The normalized spacial score (nSPS) is 16.6. The summed E-state index contributed by atoms with van der Waals surface area (Å²) < 4.78 is 0. The van der Waals surface area contributed by atoms with Gasteiger partial charge in [0.2, 0.25) is 0 Å². The summed E-state index contributed by atoms with van der Waals surface area (Å²) in [5, 5.41) is 3.48. The summed E-state index contributed by atoms with van der Waals surface area (Å²) in [6.45, 7) is 6.61. The van der Waals surface area contributed by atoms with Gasteiger partial charge in [0.1, 0.15) is 0 Å². The van der Waals surface area contributed by atoms with Crippen molar-refractivity contribution in [3.63, 3.8) is 0 Å². The van der Waals surface area contributed by atoms with E-state index in [4.69, 9.17) is 0 Å². The van der Waals surface area contributed by atoms with Crippen molar-refractivity contribution in [2.75, 3.05) is 24.5 Å². The molecule has 1 aliphatic heterocycles. The lowest BCUT2D eigenvalue weighted by atomic mass is 10.2. The Hall–Kier alpha value is -1.09. The number of pyridine rings is 1. The van der Waals surface area contributed by atoms with E-state index in [1.165, 1.54) is 56.4 Å². The number of rotatable bonds is 5. The van der Waals surface area contributed by atoms with Gasteiger partial charge in [0.25, 0.3) is 0 Å². The Morgan fingerprint density at radius 1 is 1.22 bits per heavy atom. The second kappa shape index (κ2) is 7.37. The molecular weight excluding hydrogens is 222 g/mol. The zero-order valence-corrected chi connectivity index (χ0v) is 11.5. The SMILES string of the molecule is CCCNCc1cnccc1N1CCCCCC1. The molecule has 1 aromatic rings. The maximum absolute atomic E-state index is 4.28. The minimum Gasteiger partial charge on any atom is -0.371 e. The van der Waals surface area contributed by atoms with Gasteiger partial charge < -0.3 is 10.2 Å². The van der Waals surface area contributed by atoms with E-state index in [0.29, 0.717) is 0 Å². The zero-order valence-electron chi connectivity index (χ0n) is 11.5. The van der Waals surface area contributed by atoms with Gasteiger partial charge in [-0.2, -0.15) is 0 Å². The summed E-state index contributed by atoms with van der Waals surface area (Å²) >= 11 is 0. The molecule has 0 amide bonds. The molecule has 3 heteroatoms. The average Bonchev–Trinajstić information content (AvgIpc) is 2.68. The summed E-state index contributed by atoms with van der Waals surface area (Å²) in [4.78, 5) is 6.82. The van der Waals surface area contributed by atoms with Crippen molar-refractivity contribution < 1.29 is 0 Å². The maximum atomic E-state index is 4.28. The minimum atomic E-state index is 0.938. The molecule has 18 heavy (non-hydrogen) atoms. The molecule has 0 atom stereocenters. The van der Waals surface area contributed by atoms with Gasteiger partial charge in [-0.3, -0.25) is 4.98 Å². The van der Waals surface area contributed by atoms with Crippen LogP contribution in [0.1, 0.15) is 44.6 Å². The summed E-state index contributed by atoms with van der Waals surface area (Å²) in [6.07, 6.45) is 10.5. The molecule has 0 aliphatic carbocycles. The van der Waals surface area contributed by atoms with Crippen molar-refractivity contribution >= 4 is 5.69 Å². The van der Waals surface area contributed by atoms with Crippen molar-refractivity contribution in [2.45, 2.75) is 45.6 Å². The third kappa shape index (κ3) is 3.70. The van der Waals surface area contributed by atoms with Gasteiger partial charge in [0.05, 0.1) is 0 Å². The van der Waals surface area contributed by atoms with Crippen LogP contribution in [-0.4, -0.2) is 24.6 Å². The summed E-state index contributed by atoms with van der Waals surface area (Å²) in [6, 6.07) is 2.17. The molecule has 1 N–H and O–H groups in total. The van der Waals surface area contributed by atoms with Crippen molar-refractivity contribution in [2.24, 2.45) is 0 Å². The van der Waals surface area contributed by atoms with Crippen LogP contribution in [0.25, 0.3) is 0 Å².